The van der Waals surface area contributed by atoms with Gasteiger partial charge in [-0.1, -0.05) is 11.6 Å². The molecule has 1 aromatic rings. The van der Waals surface area contributed by atoms with E-state index in [0.717, 1.165) is 0 Å². The number of nitrogens with zero attached hydrogens (tertiary/aromatic N) is 1. The number of benzene rings is 1. The molecule has 0 spiro atoms. The van der Waals surface area contributed by atoms with Gasteiger partial charge in [-0.2, -0.15) is 0 Å². The first-order valence-electron chi connectivity index (χ1n) is 8.12. The predicted octanol–water partition coefficient (Wildman–Crippen LogP) is 3.96. The van der Waals surface area contributed by atoms with E-state index in [2.05, 4.69) is 0 Å². The Balaban J connectivity index is 2.41. The van der Waals surface area contributed by atoms with Crippen LogP contribution in [0.15, 0.2) is 18.2 Å². The molecule has 0 saturated carbocycles. The molecule has 1 atom stereocenters. The van der Waals surface area contributed by atoms with Crippen molar-refractivity contribution >= 4 is 23.7 Å². The van der Waals surface area contributed by atoms with Crippen LogP contribution in [0.1, 0.15) is 39.2 Å². The third kappa shape index (κ3) is 4.24. The Morgan fingerprint density at radius 1 is 1.36 bits per heavy atom. The molecule has 1 heterocycles. The first-order chi connectivity index (χ1) is 11.6. The van der Waals surface area contributed by atoms with Gasteiger partial charge >= 0.3 is 12.1 Å². The second-order valence-corrected chi connectivity index (χ2v) is 7.61. The highest BCUT2D eigenvalue weighted by Crippen LogP contribution is 2.36. The number of carbonyl (C=O) groups excluding carboxylic acids is 2. The zero-order chi connectivity index (χ0) is 18.8. The van der Waals surface area contributed by atoms with Crippen LogP contribution in [0.2, 0.25) is 5.02 Å². The molecule has 5 nitrogen and oxygen atoms in total. The number of amides is 1. The minimum absolute atomic E-state index is 0.0225. The van der Waals surface area contributed by atoms with Crippen molar-refractivity contribution in [2.75, 3.05) is 13.7 Å². The molecular weight excluding hydrogens is 349 g/mol. The van der Waals surface area contributed by atoms with E-state index in [-0.39, 0.29) is 12.0 Å². The second kappa shape index (κ2) is 7.20. The maximum absolute atomic E-state index is 14.2. The Morgan fingerprint density at radius 3 is 2.64 bits per heavy atom. The first kappa shape index (κ1) is 19.5. The van der Waals surface area contributed by atoms with Crippen molar-refractivity contribution in [3.63, 3.8) is 0 Å². The van der Waals surface area contributed by atoms with E-state index in [4.69, 9.17) is 21.1 Å². The van der Waals surface area contributed by atoms with E-state index in [9.17, 15) is 14.0 Å². The van der Waals surface area contributed by atoms with Crippen molar-refractivity contribution in [2.45, 2.75) is 51.2 Å². The number of likely N-dealkylation sites (tertiary alicyclic amines) is 1. The van der Waals surface area contributed by atoms with Crippen molar-refractivity contribution in [2.24, 2.45) is 0 Å². The topological polar surface area (TPSA) is 55.8 Å². The average Bonchev–Trinajstić information content (AvgIpc) is 2.93. The molecule has 25 heavy (non-hydrogen) atoms. The second-order valence-electron chi connectivity index (χ2n) is 7.17. The van der Waals surface area contributed by atoms with Gasteiger partial charge in [0.15, 0.2) is 0 Å². The molecule has 0 aliphatic carbocycles. The molecule has 1 aromatic carbocycles. The quantitative estimate of drug-likeness (QED) is 0.754. The highest BCUT2D eigenvalue weighted by atomic mass is 35.5. The van der Waals surface area contributed by atoms with Crippen molar-refractivity contribution in [1.82, 2.24) is 4.90 Å². The summed E-state index contributed by atoms with van der Waals surface area (Å²) in [5.41, 5.74) is -1.75. The maximum atomic E-state index is 14.2. The van der Waals surface area contributed by atoms with Gasteiger partial charge < -0.3 is 9.47 Å². The van der Waals surface area contributed by atoms with E-state index >= 15 is 0 Å². The number of rotatable bonds is 3. The van der Waals surface area contributed by atoms with Gasteiger partial charge in [-0.3, -0.25) is 4.90 Å². The molecule has 0 N–H and O–H groups in total. The average molecular weight is 372 g/mol. The SMILES string of the molecule is COC(=O)C1(Cc2cc(Cl)ccc2F)CCCN1C(=O)OC(C)(C)C. The zero-order valence-corrected chi connectivity index (χ0v) is 15.7. The van der Waals surface area contributed by atoms with Gasteiger partial charge in [0.25, 0.3) is 0 Å². The number of esters is 1. The fourth-order valence-electron chi connectivity index (χ4n) is 3.11. The number of halogens is 2. The van der Waals surface area contributed by atoms with Crippen LogP contribution in [0.4, 0.5) is 9.18 Å². The lowest BCUT2D eigenvalue weighted by Crippen LogP contribution is -2.56. The number of hydrogen-bond donors (Lipinski definition) is 0. The van der Waals surface area contributed by atoms with Crippen LogP contribution in [0.5, 0.6) is 0 Å². The third-order valence-electron chi connectivity index (χ3n) is 4.16. The van der Waals surface area contributed by atoms with Gasteiger partial charge in [0.05, 0.1) is 7.11 Å². The molecule has 138 valence electrons. The summed E-state index contributed by atoms with van der Waals surface area (Å²) in [5.74, 6) is -1.07. The van der Waals surface area contributed by atoms with Gasteiger partial charge in [0.2, 0.25) is 0 Å². The van der Waals surface area contributed by atoms with Gasteiger partial charge in [0.1, 0.15) is 17.0 Å². The molecule has 1 aliphatic rings. The van der Waals surface area contributed by atoms with Gasteiger partial charge in [0, 0.05) is 18.0 Å². The summed E-state index contributed by atoms with van der Waals surface area (Å²) in [4.78, 5) is 26.6. The Hall–Kier alpha value is -1.82. The van der Waals surface area contributed by atoms with Crippen LogP contribution in [-0.4, -0.2) is 41.8 Å². The van der Waals surface area contributed by atoms with Gasteiger partial charge in [-0.25, -0.2) is 14.0 Å². The van der Waals surface area contributed by atoms with E-state index in [1.807, 2.05) is 0 Å². The molecule has 0 bridgehead atoms. The van der Waals surface area contributed by atoms with Crippen LogP contribution in [0, 0.1) is 5.82 Å². The number of ether oxygens (including phenoxy) is 2. The molecule has 1 unspecified atom stereocenters. The van der Waals surface area contributed by atoms with E-state index in [0.29, 0.717) is 24.4 Å². The third-order valence-corrected chi connectivity index (χ3v) is 4.39. The predicted molar refractivity (Wildman–Crippen MR) is 92.0 cm³/mol. The summed E-state index contributed by atoms with van der Waals surface area (Å²) < 4.78 is 24.6. The summed E-state index contributed by atoms with van der Waals surface area (Å²) in [6.07, 6.45) is 0.324. The smallest absolute Gasteiger partial charge is 0.411 e. The molecule has 1 amide bonds. The number of carbonyl (C=O) groups is 2. The largest absolute Gasteiger partial charge is 0.467 e. The lowest BCUT2D eigenvalue weighted by molar-refractivity contribution is -0.153. The first-order valence-corrected chi connectivity index (χ1v) is 8.50. The molecule has 0 radical (unpaired) electrons. The standard InChI is InChI=1S/C18H23ClFNO4/c1-17(2,3)25-16(23)21-9-5-8-18(21,15(22)24-4)11-12-10-13(19)6-7-14(12)20/h6-7,10H,5,8-9,11H2,1-4H3. The molecule has 1 saturated heterocycles. The summed E-state index contributed by atoms with van der Waals surface area (Å²) in [6, 6.07) is 4.15. The Morgan fingerprint density at radius 2 is 2.04 bits per heavy atom. The summed E-state index contributed by atoms with van der Waals surface area (Å²) in [6.45, 7) is 5.58. The molecule has 1 aliphatic heterocycles. The molecular formula is C18H23ClFNO4. The number of methoxy groups -OCH3 is 1. The lowest BCUT2D eigenvalue weighted by atomic mass is 9.88. The van der Waals surface area contributed by atoms with Gasteiger partial charge in [-0.15, -0.1) is 0 Å². The highest BCUT2D eigenvalue weighted by molar-refractivity contribution is 6.30. The van der Waals surface area contributed by atoms with E-state index < -0.39 is 29.0 Å². The van der Waals surface area contributed by atoms with Crippen LogP contribution in [0.25, 0.3) is 0 Å². The molecule has 7 heteroatoms. The lowest BCUT2D eigenvalue weighted by Gasteiger charge is -2.37. The van der Waals surface area contributed by atoms with Crippen molar-refractivity contribution in [3.05, 3.63) is 34.6 Å². The van der Waals surface area contributed by atoms with E-state index in [1.165, 1.54) is 30.2 Å². The van der Waals surface area contributed by atoms with Crippen LogP contribution in [0.3, 0.4) is 0 Å². The maximum Gasteiger partial charge on any atom is 0.411 e. The van der Waals surface area contributed by atoms with Crippen molar-refractivity contribution in [1.29, 1.82) is 0 Å². The normalized spacial score (nSPS) is 20.5. The highest BCUT2D eigenvalue weighted by Gasteiger charge is 2.52. The zero-order valence-electron chi connectivity index (χ0n) is 14.9. The Labute approximate surface area is 152 Å². The minimum Gasteiger partial charge on any atom is -0.467 e. The monoisotopic (exact) mass is 371 g/mol. The van der Waals surface area contributed by atoms with Gasteiger partial charge in [-0.05, 0) is 57.4 Å². The minimum atomic E-state index is -1.30. The summed E-state index contributed by atoms with van der Waals surface area (Å²) in [5, 5.41) is 0.359. The molecule has 2 rings (SSSR count). The Bertz CT molecular complexity index is 674. The van der Waals surface area contributed by atoms with Crippen molar-refractivity contribution < 1.29 is 23.5 Å². The number of hydrogen-bond acceptors (Lipinski definition) is 4. The van der Waals surface area contributed by atoms with E-state index in [1.54, 1.807) is 20.8 Å². The summed E-state index contributed by atoms with van der Waals surface area (Å²) in [7, 11) is 1.25. The fourth-order valence-corrected chi connectivity index (χ4v) is 3.31. The fraction of sp³-hybridized carbons (Fsp3) is 0.556. The van der Waals surface area contributed by atoms with Crippen LogP contribution >= 0.6 is 11.6 Å². The van der Waals surface area contributed by atoms with Crippen LogP contribution < -0.4 is 0 Å². The molecule has 1 fully saturated rings. The van der Waals surface area contributed by atoms with Crippen LogP contribution in [-0.2, 0) is 20.7 Å². The summed E-state index contributed by atoms with van der Waals surface area (Å²) >= 11 is 5.96. The van der Waals surface area contributed by atoms with Crippen molar-refractivity contribution in [3.8, 4) is 0 Å². The molecule has 0 aromatic heterocycles. The Kier molecular flexibility index (Phi) is 5.62.